The van der Waals surface area contributed by atoms with Crippen LogP contribution in [-0.2, 0) is 11.3 Å². The maximum absolute atomic E-state index is 13.2. The van der Waals surface area contributed by atoms with Gasteiger partial charge in [-0.1, -0.05) is 21.7 Å². The van der Waals surface area contributed by atoms with Gasteiger partial charge in [-0.3, -0.25) is 0 Å². The van der Waals surface area contributed by atoms with Crippen molar-refractivity contribution >= 4 is 32.8 Å². The molecule has 2 heterocycles. The second-order valence-electron chi connectivity index (χ2n) is 7.91. The zero-order valence-electron chi connectivity index (χ0n) is 18.1. The fraction of sp³-hybridized carbons (Fsp3) is 0.375. The number of likely N-dealkylation sites (tertiary alicyclic amines) is 1. The zero-order valence-corrected chi connectivity index (χ0v) is 19.7. The molecule has 1 fully saturated rings. The monoisotopic (exact) mass is 486 g/mol. The van der Waals surface area contributed by atoms with Crippen LogP contribution in [0.3, 0.4) is 0 Å². The lowest BCUT2D eigenvalue weighted by molar-refractivity contribution is -0.901. The Morgan fingerprint density at radius 1 is 1.23 bits per heavy atom. The molecule has 0 spiro atoms. The summed E-state index contributed by atoms with van der Waals surface area (Å²) in [5, 5.41) is 13.9. The maximum atomic E-state index is 13.2. The van der Waals surface area contributed by atoms with Crippen LogP contribution in [0.2, 0.25) is 0 Å². The maximum Gasteiger partial charge on any atom is 0.340 e. The minimum Gasteiger partial charge on any atom is -0.871 e. The van der Waals surface area contributed by atoms with Crippen molar-refractivity contribution in [2.45, 2.75) is 33.2 Å². The third-order valence-corrected chi connectivity index (χ3v) is 6.64. The summed E-state index contributed by atoms with van der Waals surface area (Å²) in [5.74, 6) is 0.311. The van der Waals surface area contributed by atoms with Gasteiger partial charge in [0.2, 0.25) is 0 Å². The molecule has 164 valence electrons. The van der Waals surface area contributed by atoms with E-state index in [2.05, 4.69) is 15.9 Å². The predicted octanol–water partition coefficient (Wildman–Crippen LogP) is 3.14. The average Bonchev–Trinajstić information content (AvgIpc) is 3.37. The molecule has 0 aliphatic carbocycles. The third-order valence-electron chi connectivity index (χ3n) is 6.05. The van der Waals surface area contributed by atoms with Gasteiger partial charge in [0.15, 0.2) is 0 Å². The summed E-state index contributed by atoms with van der Waals surface area (Å²) in [7, 11) is 1.63. The first-order valence-corrected chi connectivity index (χ1v) is 11.4. The van der Waals surface area contributed by atoms with Crippen LogP contribution in [0.1, 0.15) is 41.4 Å². The molecule has 0 atom stereocenters. The quantitative estimate of drug-likeness (QED) is 0.543. The molecule has 7 heteroatoms. The molecule has 3 aromatic rings. The first-order chi connectivity index (χ1) is 15.0. The lowest BCUT2D eigenvalue weighted by Crippen LogP contribution is -3.08. The molecule has 1 N–H and O–H groups in total. The minimum absolute atomic E-state index is 0.0515. The molecule has 2 aromatic carbocycles. The number of carbonyl (C=O) groups excluding carboxylic acids is 1. The summed E-state index contributed by atoms with van der Waals surface area (Å²) in [4.78, 5) is 14.4. The summed E-state index contributed by atoms with van der Waals surface area (Å²) >= 11 is 3.48. The van der Waals surface area contributed by atoms with Crippen molar-refractivity contribution in [3.63, 3.8) is 0 Å². The second-order valence-corrected chi connectivity index (χ2v) is 8.76. The largest absolute Gasteiger partial charge is 0.871 e. The van der Waals surface area contributed by atoms with Crippen molar-refractivity contribution in [3.05, 3.63) is 51.6 Å². The van der Waals surface area contributed by atoms with Crippen molar-refractivity contribution in [1.29, 1.82) is 0 Å². The van der Waals surface area contributed by atoms with Gasteiger partial charge >= 0.3 is 5.97 Å². The fourth-order valence-corrected chi connectivity index (χ4v) is 5.04. The molecule has 31 heavy (non-hydrogen) atoms. The van der Waals surface area contributed by atoms with Crippen LogP contribution in [0.5, 0.6) is 11.5 Å². The molecule has 6 nitrogen and oxygen atoms in total. The number of nitrogens with one attached hydrogen (secondary N) is 1. The Hall–Kier alpha value is -2.51. The van der Waals surface area contributed by atoms with Crippen LogP contribution >= 0.6 is 15.9 Å². The topological polar surface area (TPSA) is 68.0 Å². The smallest absolute Gasteiger partial charge is 0.340 e. The molecule has 4 rings (SSSR count). The van der Waals surface area contributed by atoms with Crippen molar-refractivity contribution in [1.82, 2.24) is 4.57 Å². The zero-order chi connectivity index (χ0) is 22.1. The first-order valence-electron chi connectivity index (χ1n) is 10.6. The Labute approximate surface area is 190 Å². The van der Waals surface area contributed by atoms with Crippen LogP contribution < -0.4 is 14.7 Å². The molecular formula is C24H27BrN2O4. The SMILES string of the molecule is CCOC(=O)c1c(C)n(-c2ccc(OC)cc2)c2cc(Br)c([O-])c(C[NH+]3CCCC3)c12. The summed E-state index contributed by atoms with van der Waals surface area (Å²) in [6, 6.07) is 9.49. The van der Waals surface area contributed by atoms with E-state index in [1.807, 2.05) is 41.8 Å². The minimum atomic E-state index is -0.392. The molecule has 1 saturated heterocycles. The standard InChI is InChI=1S/C24H27BrN2O4/c1-4-31-24(29)21-15(2)27(16-7-9-17(30-3)10-8-16)20-13-19(25)23(28)18(22(20)21)14-26-11-5-6-12-26/h7-10,13,28H,4-6,11-12,14H2,1-3H3. The number of esters is 1. The van der Waals surface area contributed by atoms with Crippen LogP contribution in [0, 0.1) is 6.92 Å². The lowest BCUT2D eigenvalue weighted by Gasteiger charge is -2.21. The molecule has 0 amide bonds. The van der Waals surface area contributed by atoms with Crippen LogP contribution in [0.15, 0.2) is 34.8 Å². The number of methoxy groups -OCH3 is 1. The van der Waals surface area contributed by atoms with Gasteiger partial charge in [-0.05, 0) is 44.2 Å². The molecule has 1 aliphatic heterocycles. The Balaban J connectivity index is 2.00. The van der Waals surface area contributed by atoms with Gasteiger partial charge in [-0.15, -0.1) is 0 Å². The predicted molar refractivity (Wildman–Crippen MR) is 121 cm³/mol. The third kappa shape index (κ3) is 3.92. The van der Waals surface area contributed by atoms with E-state index in [0.717, 1.165) is 48.6 Å². The summed E-state index contributed by atoms with van der Waals surface area (Å²) < 4.78 is 13.2. The molecule has 0 saturated carbocycles. The van der Waals surface area contributed by atoms with Gasteiger partial charge in [0.25, 0.3) is 0 Å². The summed E-state index contributed by atoms with van der Waals surface area (Å²) in [6.07, 6.45) is 2.33. The number of rotatable bonds is 6. The van der Waals surface area contributed by atoms with Gasteiger partial charge in [0, 0.05) is 39.6 Å². The number of aromatic nitrogens is 1. The van der Waals surface area contributed by atoms with Gasteiger partial charge in [0.05, 0.1) is 37.9 Å². The molecule has 0 bridgehead atoms. The highest BCUT2D eigenvalue weighted by Crippen LogP contribution is 2.39. The molecule has 1 aromatic heterocycles. The van der Waals surface area contributed by atoms with Gasteiger partial charge < -0.3 is 24.0 Å². The van der Waals surface area contributed by atoms with E-state index in [0.29, 0.717) is 27.5 Å². The Morgan fingerprint density at radius 3 is 2.52 bits per heavy atom. The van der Waals surface area contributed by atoms with E-state index >= 15 is 0 Å². The number of carbonyl (C=O) groups is 1. The summed E-state index contributed by atoms with van der Waals surface area (Å²) in [6.45, 7) is 6.66. The highest BCUT2D eigenvalue weighted by molar-refractivity contribution is 9.10. The number of quaternary nitrogens is 1. The van der Waals surface area contributed by atoms with Gasteiger partial charge in [-0.2, -0.15) is 0 Å². The highest BCUT2D eigenvalue weighted by atomic mass is 79.9. The number of hydrogen-bond acceptors (Lipinski definition) is 4. The van der Waals surface area contributed by atoms with E-state index < -0.39 is 5.97 Å². The van der Waals surface area contributed by atoms with Crippen LogP contribution in [0.25, 0.3) is 16.6 Å². The first kappa shape index (κ1) is 21.7. The summed E-state index contributed by atoms with van der Waals surface area (Å²) in [5.41, 5.74) is 3.63. The van der Waals surface area contributed by atoms with Crippen LogP contribution in [0.4, 0.5) is 0 Å². The highest BCUT2D eigenvalue weighted by Gasteiger charge is 2.27. The normalized spacial score (nSPS) is 14.3. The van der Waals surface area contributed by atoms with E-state index in [4.69, 9.17) is 9.47 Å². The second kappa shape index (κ2) is 8.93. The molecule has 0 radical (unpaired) electrons. The number of halogens is 1. The van der Waals surface area contributed by atoms with E-state index in [-0.39, 0.29) is 12.4 Å². The van der Waals surface area contributed by atoms with E-state index in [1.54, 1.807) is 14.0 Å². The number of fused-ring (bicyclic) bond motifs is 1. The Kier molecular flexibility index (Phi) is 6.25. The van der Waals surface area contributed by atoms with Crippen molar-refractivity contribution < 1.29 is 24.3 Å². The molecule has 1 aliphatic rings. The number of hydrogen-bond donors (Lipinski definition) is 1. The fourth-order valence-electron chi connectivity index (χ4n) is 4.59. The van der Waals surface area contributed by atoms with Crippen LogP contribution in [-0.4, -0.2) is 37.3 Å². The number of ether oxygens (including phenoxy) is 2. The number of nitrogens with zero attached hydrogens (tertiary/aromatic N) is 1. The Bertz CT molecular complexity index is 1120. The van der Waals surface area contributed by atoms with E-state index in [9.17, 15) is 9.90 Å². The Morgan fingerprint density at radius 2 is 1.90 bits per heavy atom. The van der Waals surface area contributed by atoms with Crippen molar-refractivity contribution in [2.75, 3.05) is 26.8 Å². The molecular weight excluding hydrogens is 460 g/mol. The average molecular weight is 487 g/mol. The van der Waals surface area contributed by atoms with Crippen molar-refractivity contribution in [3.8, 4) is 17.2 Å². The van der Waals surface area contributed by atoms with Crippen molar-refractivity contribution in [2.24, 2.45) is 0 Å². The van der Waals surface area contributed by atoms with Gasteiger partial charge in [-0.25, -0.2) is 4.79 Å². The number of benzene rings is 2. The lowest BCUT2D eigenvalue weighted by atomic mass is 10.0. The van der Waals surface area contributed by atoms with Gasteiger partial charge in [0.1, 0.15) is 12.3 Å². The van der Waals surface area contributed by atoms with E-state index in [1.165, 1.54) is 4.90 Å². The molecule has 0 unspecified atom stereocenters.